The summed E-state index contributed by atoms with van der Waals surface area (Å²) in [6.45, 7) is 4.38. The van der Waals surface area contributed by atoms with E-state index in [2.05, 4.69) is 10.1 Å². The molecule has 8 heteroatoms. The van der Waals surface area contributed by atoms with Gasteiger partial charge in [0.05, 0.1) is 11.5 Å². The smallest absolute Gasteiger partial charge is 0.331 e. The van der Waals surface area contributed by atoms with Crippen molar-refractivity contribution in [1.29, 1.82) is 0 Å². The van der Waals surface area contributed by atoms with Crippen molar-refractivity contribution in [1.82, 2.24) is 4.98 Å². The van der Waals surface area contributed by atoms with Crippen LogP contribution in [0.25, 0.3) is 0 Å². The highest BCUT2D eigenvalue weighted by Gasteiger charge is 2.19. The zero-order valence-electron chi connectivity index (χ0n) is 10.7. The molecule has 0 aliphatic rings. The summed E-state index contributed by atoms with van der Waals surface area (Å²) in [5, 5.41) is 22.2. The Balaban J connectivity index is 2.95. The first kappa shape index (κ1) is 14.7. The van der Waals surface area contributed by atoms with Crippen LogP contribution < -0.4 is 10.5 Å². The lowest BCUT2D eigenvalue weighted by Crippen LogP contribution is -2.14. The zero-order valence-corrected chi connectivity index (χ0v) is 10.7. The second-order valence-electron chi connectivity index (χ2n) is 4.32. The summed E-state index contributed by atoms with van der Waals surface area (Å²) < 4.78 is 5.28. The fourth-order valence-electron chi connectivity index (χ4n) is 1.27. The number of oxime groups is 1. The molecule has 0 atom stereocenters. The number of ether oxygens (including phenoxy) is 1. The first-order chi connectivity index (χ1) is 8.95. The molecule has 1 aromatic heterocycles. The SMILES string of the molecule is CC(C)CCOc1ncc(C(N)=NO)cc1[N+](=O)[O-]. The van der Waals surface area contributed by atoms with E-state index in [1.165, 1.54) is 6.20 Å². The molecule has 1 rings (SSSR count). The largest absolute Gasteiger partial charge is 0.473 e. The third-order valence-corrected chi connectivity index (χ3v) is 2.37. The topological polar surface area (TPSA) is 124 Å². The Morgan fingerprint density at radius 3 is 2.89 bits per heavy atom. The van der Waals surface area contributed by atoms with Crippen LogP contribution in [0.3, 0.4) is 0 Å². The zero-order chi connectivity index (χ0) is 14.4. The van der Waals surface area contributed by atoms with Gasteiger partial charge in [0.2, 0.25) is 0 Å². The molecule has 0 amide bonds. The van der Waals surface area contributed by atoms with Gasteiger partial charge in [-0.3, -0.25) is 10.1 Å². The second-order valence-corrected chi connectivity index (χ2v) is 4.32. The maximum Gasteiger partial charge on any atom is 0.331 e. The predicted octanol–water partition coefficient (Wildman–Crippen LogP) is 1.51. The molecule has 0 unspecified atom stereocenters. The molecule has 104 valence electrons. The van der Waals surface area contributed by atoms with Crippen LogP contribution in [0, 0.1) is 16.0 Å². The highest BCUT2D eigenvalue weighted by molar-refractivity contribution is 5.97. The number of nitro groups is 1. The minimum Gasteiger partial charge on any atom is -0.473 e. The van der Waals surface area contributed by atoms with Gasteiger partial charge in [0.1, 0.15) is 0 Å². The number of amidine groups is 1. The molecule has 8 nitrogen and oxygen atoms in total. The average molecular weight is 268 g/mol. The molecule has 1 heterocycles. The molecule has 0 aromatic carbocycles. The lowest BCUT2D eigenvalue weighted by molar-refractivity contribution is -0.386. The van der Waals surface area contributed by atoms with Gasteiger partial charge in [0.25, 0.3) is 5.88 Å². The van der Waals surface area contributed by atoms with Gasteiger partial charge in [-0.05, 0) is 12.3 Å². The van der Waals surface area contributed by atoms with Crippen molar-refractivity contribution in [2.75, 3.05) is 6.61 Å². The predicted molar refractivity (Wildman–Crippen MR) is 68.4 cm³/mol. The average Bonchev–Trinajstić information content (AvgIpc) is 2.37. The Hall–Kier alpha value is -2.38. The molecule has 1 aromatic rings. The number of hydrogen-bond acceptors (Lipinski definition) is 6. The molecule has 0 bridgehead atoms. The summed E-state index contributed by atoms with van der Waals surface area (Å²) in [4.78, 5) is 14.1. The van der Waals surface area contributed by atoms with Crippen molar-refractivity contribution in [3.63, 3.8) is 0 Å². The molecule has 0 aliphatic carbocycles. The molecule has 3 N–H and O–H groups in total. The highest BCUT2D eigenvalue weighted by atomic mass is 16.6. The summed E-state index contributed by atoms with van der Waals surface area (Å²) in [6, 6.07) is 1.16. The van der Waals surface area contributed by atoms with Crippen LogP contribution >= 0.6 is 0 Å². The van der Waals surface area contributed by atoms with Crippen LogP contribution in [0.2, 0.25) is 0 Å². The number of nitrogens with two attached hydrogens (primary N) is 1. The number of pyridine rings is 1. The minimum absolute atomic E-state index is 0.0693. The van der Waals surface area contributed by atoms with Gasteiger partial charge in [0, 0.05) is 17.8 Å². The van der Waals surface area contributed by atoms with E-state index in [9.17, 15) is 10.1 Å². The number of hydrogen-bond donors (Lipinski definition) is 2. The Kier molecular flexibility index (Phi) is 5.04. The maximum absolute atomic E-state index is 10.9. The van der Waals surface area contributed by atoms with Crippen molar-refractivity contribution in [2.45, 2.75) is 20.3 Å². The molecular formula is C11H16N4O4. The van der Waals surface area contributed by atoms with Crippen LogP contribution in [0.1, 0.15) is 25.8 Å². The first-order valence-electron chi connectivity index (χ1n) is 5.70. The summed E-state index contributed by atoms with van der Waals surface area (Å²) in [5.41, 5.74) is 5.20. The fraction of sp³-hybridized carbons (Fsp3) is 0.455. The molecule has 0 spiro atoms. The van der Waals surface area contributed by atoms with Crippen molar-refractivity contribution in [3.05, 3.63) is 27.9 Å². The third-order valence-electron chi connectivity index (χ3n) is 2.37. The van der Waals surface area contributed by atoms with E-state index >= 15 is 0 Å². The lowest BCUT2D eigenvalue weighted by Gasteiger charge is -2.08. The fourth-order valence-corrected chi connectivity index (χ4v) is 1.27. The van der Waals surface area contributed by atoms with Crippen molar-refractivity contribution in [2.24, 2.45) is 16.8 Å². The Labute approximate surface area is 110 Å². The van der Waals surface area contributed by atoms with Gasteiger partial charge in [-0.25, -0.2) is 4.98 Å². The van der Waals surface area contributed by atoms with E-state index in [-0.39, 0.29) is 23.0 Å². The number of aromatic nitrogens is 1. The van der Waals surface area contributed by atoms with E-state index in [1.807, 2.05) is 13.8 Å². The summed E-state index contributed by atoms with van der Waals surface area (Å²) in [5.74, 6) is 0.111. The molecule has 0 fully saturated rings. The quantitative estimate of drug-likeness (QED) is 0.265. The van der Waals surface area contributed by atoms with Crippen LogP contribution in [0.15, 0.2) is 17.4 Å². The van der Waals surface area contributed by atoms with Gasteiger partial charge in [-0.15, -0.1) is 0 Å². The van der Waals surface area contributed by atoms with E-state index in [4.69, 9.17) is 15.7 Å². The second kappa shape index (κ2) is 6.53. The van der Waals surface area contributed by atoms with Gasteiger partial charge in [-0.2, -0.15) is 0 Å². The molecule has 19 heavy (non-hydrogen) atoms. The maximum atomic E-state index is 10.9. The molecule has 0 saturated heterocycles. The Bertz CT molecular complexity index is 488. The van der Waals surface area contributed by atoms with Gasteiger partial charge < -0.3 is 15.7 Å². The minimum atomic E-state index is -0.619. The third kappa shape index (κ3) is 4.09. The Morgan fingerprint density at radius 1 is 1.68 bits per heavy atom. The number of rotatable bonds is 6. The monoisotopic (exact) mass is 268 g/mol. The highest BCUT2D eigenvalue weighted by Crippen LogP contribution is 2.25. The van der Waals surface area contributed by atoms with Gasteiger partial charge >= 0.3 is 5.69 Å². The van der Waals surface area contributed by atoms with Crippen LogP contribution in [0.5, 0.6) is 5.88 Å². The van der Waals surface area contributed by atoms with E-state index in [0.717, 1.165) is 12.5 Å². The van der Waals surface area contributed by atoms with Crippen molar-refractivity contribution in [3.8, 4) is 5.88 Å². The molecule has 0 radical (unpaired) electrons. The lowest BCUT2D eigenvalue weighted by atomic mass is 10.1. The standard InChI is InChI=1S/C11H16N4O4/c1-7(2)3-4-19-11-9(15(17)18)5-8(6-13-11)10(12)14-16/h5-7,16H,3-4H2,1-2H3,(H2,12,14). The Morgan fingerprint density at radius 2 is 2.37 bits per heavy atom. The van der Waals surface area contributed by atoms with Crippen LogP contribution in [-0.4, -0.2) is 27.6 Å². The van der Waals surface area contributed by atoms with Crippen molar-refractivity contribution < 1.29 is 14.9 Å². The summed E-state index contributed by atoms with van der Waals surface area (Å²) >= 11 is 0. The van der Waals surface area contributed by atoms with Crippen LogP contribution in [0.4, 0.5) is 5.69 Å². The van der Waals surface area contributed by atoms with E-state index in [0.29, 0.717) is 12.5 Å². The molecule has 0 aliphatic heterocycles. The van der Waals surface area contributed by atoms with Crippen LogP contribution in [-0.2, 0) is 0 Å². The normalized spacial score (nSPS) is 11.6. The molecular weight excluding hydrogens is 252 g/mol. The summed E-state index contributed by atoms with van der Waals surface area (Å²) in [7, 11) is 0. The molecule has 0 saturated carbocycles. The van der Waals surface area contributed by atoms with Crippen molar-refractivity contribution >= 4 is 11.5 Å². The van der Waals surface area contributed by atoms with Gasteiger partial charge in [0.15, 0.2) is 5.84 Å². The summed E-state index contributed by atoms with van der Waals surface area (Å²) in [6.07, 6.45) is 2.02. The van der Waals surface area contributed by atoms with Gasteiger partial charge in [-0.1, -0.05) is 19.0 Å². The number of nitrogens with zero attached hydrogens (tertiary/aromatic N) is 3. The van der Waals surface area contributed by atoms with E-state index in [1.54, 1.807) is 0 Å². The first-order valence-corrected chi connectivity index (χ1v) is 5.70. The van der Waals surface area contributed by atoms with E-state index < -0.39 is 4.92 Å².